The van der Waals surface area contributed by atoms with Crippen molar-refractivity contribution in [2.75, 3.05) is 18.4 Å². The van der Waals surface area contributed by atoms with Gasteiger partial charge in [-0.3, -0.25) is 14.7 Å². The van der Waals surface area contributed by atoms with Gasteiger partial charge in [-0.15, -0.1) is 0 Å². The molecule has 3 rings (SSSR count). The van der Waals surface area contributed by atoms with E-state index in [2.05, 4.69) is 15.5 Å². The molecular weight excluding hydrogens is 280 g/mol. The van der Waals surface area contributed by atoms with Crippen molar-refractivity contribution in [1.82, 2.24) is 15.1 Å². The molecule has 22 heavy (non-hydrogen) atoms. The number of anilines is 1. The number of rotatable bonds is 2. The Morgan fingerprint density at radius 3 is 3.00 bits per heavy atom. The van der Waals surface area contributed by atoms with E-state index >= 15 is 0 Å². The minimum Gasteiger partial charge on any atom is -0.342 e. The van der Waals surface area contributed by atoms with Gasteiger partial charge in [0.1, 0.15) is 0 Å². The maximum absolute atomic E-state index is 12.5. The molecule has 1 aliphatic rings. The van der Waals surface area contributed by atoms with Crippen LogP contribution in [0.5, 0.6) is 0 Å². The number of amides is 2. The summed E-state index contributed by atoms with van der Waals surface area (Å²) in [6, 6.07) is 3.86. The lowest BCUT2D eigenvalue weighted by atomic mass is 9.97. The highest BCUT2D eigenvalue weighted by Gasteiger charge is 2.27. The predicted molar refractivity (Wildman–Crippen MR) is 84.4 cm³/mol. The number of hydrogen-bond acceptors (Lipinski definition) is 3. The number of aromatic amines is 1. The molecule has 1 aromatic heterocycles. The molecule has 2 amide bonds. The van der Waals surface area contributed by atoms with Crippen LogP contribution in [0.2, 0.25) is 0 Å². The zero-order chi connectivity index (χ0) is 15.7. The number of nitrogens with one attached hydrogen (secondary N) is 2. The molecule has 1 atom stereocenters. The lowest BCUT2D eigenvalue weighted by molar-refractivity contribution is -0.132. The molecule has 0 bridgehead atoms. The number of fused-ring (bicyclic) bond motifs is 1. The fourth-order valence-electron chi connectivity index (χ4n) is 2.99. The first-order valence-corrected chi connectivity index (χ1v) is 7.55. The van der Waals surface area contributed by atoms with Crippen molar-refractivity contribution in [1.29, 1.82) is 0 Å². The molecular formula is C16H20N4O2. The van der Waals surface area contributed by atoms with Gasteiger partial charge in [0.2, 0.25) is 11.8 Å². The van der Waals surface area contributed by atoms with E-state index in [1.165, 1.54) is 0 Å². The van der Waals surface area contributed by atoms with Crippen molar-refractivity contribution in [2.24, 2.45) is 5.92 Å². The minimum atomic E-state index is -0.156. The van der Waals surface area contributed by atoms with E-state index in [1.807, 2.05) is 19.1 Å². The summed E-state index contributed by atoms with van der Waals surface area (Å²) in [5, 5.41) is 11.0. The smallest absolute Gasteiger partial charge is 0.229 e. The van der Waals surface area contributed by atoms with E-state index in [1.54, 1.807) is 18.0 Å². The van der Waals surface area contributed by atoms with Gasteiger partial charge >= 0.3 is 0 Å². The summed E-state index contributed by atoms with van der Waals surface area (Å²) in [5.74, 6) is -0.161. The predicted octanol–water partition coefficient (Wildman–Crippen LogP) is 2.07. The van der Waals surface area contributed by atoms with Crippen LogP contribution in [0.4, 0.5) is 5.69 Å². The summed E-state index contributed by atoms with van der Waals surface area (Å²) in [6.45, 7) is 4.80. The zero-order valence-corrected chi connectivity index (χ0v) is 12.8. The highest BCUT2D eigenvalue weighted by Crippen LogP contribution is 2.25. The lowest BCUT2D eigenvalue weighted by Crippen LogP contribution is -2.42. The van der Waals surface area contributed by atoms with Crippen molar-refractivity contribution in [3.63, 3.8) is 0 Å². The summed E-state index contributed by atoms with van der Waals surface area (Å²) < 4.78 is 0. The first kappa shape index (κ1) is 14.6. The van der Waals surface area contributed by atoms with E-state index in [0.717, 1.165) is 41.5 Å². The molecule has 1 saturated heterocycles. The maximum atomic E-state index is 12.5. The van der Waals surface area contributed by atoms with Crippen LogP contribution in [-0.4, -0.2) is 40.0 Å². The fraction of sp³-hybridized carbons (Fsp3) is 0.438. The molecule has 1 fully saturated rings. The first-order valence-electron chi connectivity index (χ1n) is 7.55. The van der Waals surface area contributed by atoms with Gasteiger partial charge in [-0.05, 0) is 31.4 Å². The third-order valence-corrected chi connectivity index (χ3v) is 4.33. The summed E-state index contributed by atoms with van der Waals surface area (Å²) in [5.41, 5.74) is 2.69. The molecule has 0 saturated carbocycles. The summed E-state index contributed by atoms with van der Waals surface area (Å²) in [4.78, 5) is 25.7. The molecule has 2 aromatic rings. The number of nitrogens with zero attached hydrogens (tertiary/aromatic N) is 2. The van der Waals surface area contributed by atoms with Crippen molar-refractivity contribution >= 4 is 28.4 Å². The Kier molecular flexibility index (Phi) is 3.83. The number of carbonyl (C=O) groups excluding carboxylic acids is 2. The summed E-state index contributed by atoms with van der Waals surface area (Å²) in [7, 11) is 0. The van der Waals surface area contributed by atoms with Crippen LogP contribution in [0, 0.1) is 12.8 Å². The SMILES string of the molecule is CC(=O)N1CCCC(C(=O)Nc2ccc(C)c3cn[nH]c23)C1. The van der Waals surface area contributed by atoms with Gasteiger partial charge in [0.25, 0.3) is 0 Å². The first-order chi connectivity index (χ1) is 10.6. The fourth-order valence-corrected chi connectivity index (χ4v) is 2.99. The van der Waals surface area contributed by atoms with Crippen LogP contribution < -0.4 is 5.32 Å². The number of likely N-dealkylation sites (tertiary alicyclic amines) is 1. The Balaban J connectivity index is 1.77. The van der Waals surface area contributed by atoms with Gasteiger partial charge < -0.3 is 10.2 Å². The number of aromatic nitrogens is 2. The van der Waals surface area contributed by atoms with Crippen LogP contribution >= 0.6 is 0 Å². The second-order valence-corrected chi connectivity index (χ2v) is 5.88. The van der Waals surface area contributed by atoms with Crippen LogP contribution in [0.15, 0.2) is 18.3 Å². The molecule has 1 aliphatic heterocycles. The van der Waals surface area contributed by atoms with Crippen LogP contribution in [0.3, 0.4) is 0 Å². The third kappa shape index (κ3) is 2.68. The normalized spacial score (nSPS) is 18.5. The Bertz CT molecular complexity index is 722. The Hall–Kier alpha value is -2.37. The second kappa shape index (κ2) is 5.79. The molecule has 116 valence electrons. The number of hydrogen-bond donors (Lipinski definition) is 2. The van der Waals surface area contributed by atoms with Crippen molar-refractivity contribution in [2.45, 2.75) is 26.7 Å². The molecule has 0 radical (unpaired) electrons. The highest BCUT2D eigenvalue weighted by atomic mass is 16.2. The zero-order valence-electron chi connectivity index (χ0n) is 12.8. The molecule has 2 heterocycles. The highest BCUT2D eigenvalue weighted by molar-refractivity contribution is 6.02. The van der Waals surface area contributed by atoms with Gasteiger partial charge in [-0.1, -0.05) is 6.07 Å². The molecule has 1 aromatic carbocycles. The summed E-state index contributed by atoms with van der Waals surface area (Å²) in [6.07, 6.45) is 3.44. The van der Waals surface area contributed by atoms with Gasteiger partial charge in [-0.25, -0.2) is 0 Å². The number of benzene rings is 1. The van der Waals surface area contributed by atoms with Gasteiger partial charge in [0.05, 0.1) is 23.3 Å². The number of aryl methyl sites for hydroxylation is 1. The summed E-state index contributed by atoms with van der Waals surface area (Å²) >= 11 is 0. The quantitative estimate of drug-likeness (QED) is 0.891. The molecule has 0 spiro atoms. The molecule has 2 N–H and O–H groups in total. The van der Waals surface area contributed by atoms with E-state index in [4.69, 9.17) is 0 Å². The van der Waals surface area contributed by atoms with Crippen LogP contribution in [-0.2, 0) is 9.59 Å². The maximum Gasteiger partial charge on any atom is 0.229 e. The Labute approximate surface area is 128 Å². The topological polar surface area (TPSA) is 78.1 Å². The minimum absolute atomic E-state index is 0.0313. The average molecular weight is 300 g/mol. The largest absolute Gasteiger partial charge is 0.342 e. The molecule has 1 unspecified atom stereocenters. The van der Waals surface area contributed by atoms with Gasteiger partial charge in [0.15, 0.2) is 0 Å². The van der Waals surface area contributed by atoms with Gasteiger partial charge in [-0.2, -0.15) is 5.10 Å². The molecule has 6 heteroatoms. The Morgan fingerprint density at radius 1 is 1.41 bits per heavy atom. The van der Waals surface area contributed by atoms with E-state index < -0.39 is 0 Å². The Morgan fingerprint density at radius 2 is 2.23 bits per heavy atom. The van der Waals surface area contributed by atoms with Crippen molar-refractivity contribution in [3.05, 3.63) is 23.9 Å². The lowest BCUT2D eigenvalue weighted by Gasteiger charge is -2.31. The number of carbonyl (C=O) groups is 2. The van der Waals surface area contributed by atoms with Crippen molar-refractivity contribution < 1.29 is 9.59 Å². The van der Waals surface area contributed by atoms with E-state index in [9.17, 15) is 9.59 Å². The van der Waals surface area contributed by atoms with Crippen LogP contribution in [0.25, 0.3) is 10.9 Å². The average Bonchev–Trinajstić information content (AvgIpc) is 3.01. The number of piperidine rings is 1. The number of H-pyrrole nitrogens is 1. The van der Waals surface area contributed by atoms with Crippen molar-refractivity contribution in [3.8, 4) is 0 Å². The third-order valence-electron chi connectivity index (χ3n) is 4.33. The van der Waals surface area contributed by atoms with E-state index in [-0.39, 0.29) is 17.7 Å². The molecule has 6 nitrogen and oxygen atoms in total. The standard InChI is InChI=1S/C16H20N4O2/c1-10-5-6-14(15-13(10)8-17-19-15)18-16(22)12-4-3-7-20(9-12)11(2)21/h5-6,8,12H,3-4,7,9H2,1-2H3,(H,17,19)(H,18,22). The van der Waals surface area contributed by atoms with Crippen LogP contribution in [0.1, 0.15) is 25.3 Å². The monoisotopic (exact) mass is 300 g/mol. The van der Waals surface area contributed by atoms with E-state index in [0.29, 0.717) is 6.54 Å². The van der Waals surface area contributed by atoms with Gasteiger partial charge in [0, 0.05) is 25.4 Å². The second-order valence-electron chi connectivity index (χ2n) is 5.88. The molecule has 0 aliphatic carbocycles.